The number of benzene rings is 1. The second kappa shape index (κ2) is 6.44. The molecule has 3 aromatic rings. The van der Waals surface area contributed by atoms with Crippen LogP contribution in [-0.4, -0.2) is 26.6 Å². The predicted molar refractivity (Wildman–Crippen MR) is 87.2 cm³/mol. The molecule has 0 saturated carbocycles. The van der Waals surface area contributed by atoms with E-state index in [1.807, 2.05) is 0 Å². The number of aryl methyl sites for hydroxylation is 1. The number of hydrogen-bond donors (Lipinski definition) is 3. The lowest BCUT2D eigenvalue weighted by Gasteiger charge is -2.06. The van der Waals surface area contributed by atoms with Crippen LogP contribution in [0.15, 0.2) is 34.2 Å². The number of nitrogens with one attached hydrogen (secondary N) is 3. The number of thioether (sulfide) groups is 1. The van der Waals surface area contributed by atoms with Crippen molar-refractivity contribution in [3.63, 3.8) is 0 Å². The summed E-state index contributed by atoms with van der Waals surface area (Å²) in [6.07, 6.45) is 0. The molecule has 9 heteroatoms. The van der Waals surface area contributed by atoms with Gasteiger partial charge in [0.25, 0.3) is 5.56 Å². The number of nitrogens with zero attached hydrogens (tertiary/aromatic N) is 1. The van der Waals surface area contributed by atoms with Crippen LogP contribution in [-0.2, 0) is 4.79 Å². The van der Waals surface area contributed by atoms with E-state index < -0.39 is 17.5 Å². The standard InChI is InChI=1S/C15H12F2N4O2S/c1-7-4-11-13(18-7)14(23)21-15(20-11)24-6-12(22)19-10-5-8(16)2-3-9(10)17/h2-5,18H,6H2,1H3,(H,19,22)(H,20,21,23). The minimum atomic E-state index is -0.731. The molecule has 0 aliphatic rings. The van der Waals surface area contributed by atoms with Crippen LogP contribution < -0.4 is 10.9 Å². The second-order valence-corrected chi connectivity index (χ2v) is 6.01. The Labute approximate surface area is 138 Å². The van der Waals surface area contributed by atoms with Gasteiger partial charge in [0, 0.05) is 11.8 Å². The Morgan fingerprint density at radius 2 is 2.08 bits per heavy atom. The first-order chi connectivity index (χ1) is 11.4. The van der Waals surface area contributed by atoms with Crippen molar-refractivity contribution in [3.05, 3.63) is 51.9 Å². The molecule has 0 saturated heterocycles. The first-order valence-electron chi connectivity index (χ1n) is 6.90. The number of fused-ring (bicyclic) bond motifs is 1. The van der Waals surface area contributed by atoms with Gasteiger partial charge >= 0.3 is 0 Å². The molecule has 0 aliphatic heterocycles. The number of halogens is 2. The summed E-state index contributed by atoms with van der Waals surface area (Å²) in [5.74, 6) is -2.05. The number of amides is 1. The van der Waals surface area contributed by atoms with Crippen LogP contribution in [0.5, 0.6) is 0 Å². The average Bonchev–Trinajstić information content (AvgIpc) is 2.90. The summed E-state index contributed by atoms with van der Waals surface area (Å²) in [7, 11) is 0. The molecule has 0 aliphatic carbocycles. The molecule has 2 heterocycles. The SMILES string of the molecule is Cc1cc2nc(SCC(=O)Nc3cc(F)ccc3F)[nH]c(=O)c2[nH]1. The van der Waals surface area contributed by atoms with Crippen molar-refractivity contribution < 1.29 is 13.6 Å². The average molecular weight is 350 g/mol. The highest BCUT2D eigenvalue weighted by atomic mass is 32.2. The molecule has 0 fully saturated rings. The highest BCUT2D eigenvalue weighted by molar-refractivity contribution is 7.99. The molecule has 1 aromatic carbocycles. The topological polar surface area (TPSA) is 90.6 Å². The maximum atomic E-state index is 13.5. The lowest BCUT2D eigenvalue weighted by molar-refractivity contribution is -0.113. The molecule has 2 aromatic heterocycles. The molecule has 124 valence electrons. The number of H-pyrrole nitrogens is 2. The molecule has 3 rings (SSSR count). The number of rotatable bonds is 4. The summed E-state index contributed by atoms with van der Waals surface area (Å²) in [5, 5.41) is 2.54. The zero-order valence-electron chi connectivity index (χ0n) is 12.4. The second-order valence-electron chi connectivity index (χ2n) is 5.04. The van der Waals surface area contributed by atoms with Gasteiger partial charge in [-0.05, 0) is 25.1 Å². The largest absolute Gasteiger partial charge is 0.353 e. The highest BCUT2D eigenvalue weighted by Gasteiger charge is 2.11. The van der Waals surface area contributed by atoms with Gasteiger partial charge in [-0.2, -0.15) is 0 Å². The van der Waals surface area contributed by atoms with E-state index in [-0.39, 0.29) is 22.2 Å². The van der Waals surface area contributed by atoms with Crippen molar-refractivity contribution in [2.24, 2.45) is 0 Å². The molecule has 6 nitrogen and oxygen atoms in total. The minimum Gasteiger partial charge on any atom is -0.353 e. The Bertz CT molecular complexity index is 983. The molecule has 0 radical (unpaired) electrons. The maximum Gasteiger partial charge on any atom is 0.275 e. The van der Waals surface area contributed by atoms with Crippen LogP contribution in [0.3, 0.4) is 0 Å². The van der Waals surface area contributed by atoms with Gasteiger partial charge in [-0.25, -0.2) is 13.8 Å². The van der Waals surface area contributed by atoms with E-state index in [4.69, 9.17) is 0 Å². The van der Waals surface area contributed by atoms with Gasteiger partial charge in [0.2, 0.25) is 5.91 Å². The summed E-state index contributed by atoms with van der Waals surface area (Å²) in [6.45, 7) is 1.80. The first kappa shape index (κ1) is 16.2. The minimum absolute atomic E-state index is 0.117. The van der Waals surface area contributed by atoms with Crippen LogP contribution >= 0.6 is 11.8 Å². The van der Waals surface area contributed by atoms with Crippen LogP contribution in [0, 0.1) is 18.6 Å². The number of aromatic amines is 2. The van der Waals surface area contributed by atoms with Crippen molar-refractivity contribution in [2.75, 3.05) is 11.1 Å². The van der Waals surface area contributed by atoms with Gasteiger partial charge in [0.15, 0.2) is 5.16 Å². The van der Waals surface area contributed by atoms with Crippen molar-refractivity contribution in [1.82, 2.24) is 15.0 Å². The molecule has 0 bridgehead atoms. The van der Waals surface area contributed by atoms with Crippen molar-refractivity contribution in [3.8, 4) is 0 Å². The molecule has 24 heavy (non-hydrogen) atoms. The number of aromatic nitrogens is 3. The van der Waals surface area contributed by atoms with Crippen molar-refractivity contribution in [1.29, 1.82) is 0 Å². The van der Waals surface area contributed by atoms with E-state index in [9.17, 15) is 18.4 Å². The Balaban J connectivity index is 1.70. The highest BCUT2D eigenvalue weighted by Crippen LogP contribution is 2.18. The molecule has 0 spiro atoms. The van der Waals surface area contributed by atoms with E-state index in [0.717, 1.165) is 35.7 Å². The van der Waals surface area contributed by atoms with Gasteiger partial charge in [-0.1, -0.05) is 11.8 Å². The Kier molecular flexibility index (Phi) is 4.34. The van der Waals surface area contributed by atoms with E-state index in [2.05, 4.69) is 20.3 Å². The van der Waals surface area contributed by atoms with E-state index in [0.29, 0.717) is 11.0 Å². The molecular formula is C15H12F2N4O2S. The summed E-state index contributed by atoms with van der Waals surface area (Å²) < 4.78 is 26.5. The third kappa shape index (κ3) is 3.46. The summed E-state index contributed by atoms with van der Waals surface area (Å²) >= 11 is 0.987. The molecule has 1 amide bonds. The number of carbonyl (C=O) groups is 1. The van der Waals surface area contributed by atoms with Crippen LogP contribution in [0.25, 0.3) is 11.0 Å². The van der Waals surface area contributed by atoms with Gasteiger partial charge in [-0.3, -0.25) is 14.6 Å². The molecule has 3 N–H and O–H groups in total. The normalized spacial score (nSPS) is 11.0. The Morgan fingerprint density at radius 3 is 2.88 bits per heavy atom. The van der Waals surface area contributed by atoms with Gasteiger partial charge < -0.3 is 10.3 Å². The van der Waals surface area contributed by atoms with Gasteiger partial charge in [0.1, 0.15) is 17.2 Å². The first-order valence-corrected chi connectivity index (χ1v) is 7.88. The monoisotopic (exact) mass is 350 g/mol. The fourth-order valence-corrected chi connectivity index (χ4v) is 2.78. The maximum absolute atomic E-state index is 13.5. The lowest BCUT2D eigenvalue weighted by atomic mass is 10.3. The number of hydrogen-bond acceptors (Lipinski definition) is 4. The van der Waals surface area contributed by atoms with Crippen LogP contribution in [0.2, 0.25) is 0 Å². The molecular weight excluding hydrogens is 338 g/mol. The third-order valence-electron chi connectivity index (χ3n) is 3.14. The predicted octanol–water partition coefficient (Wildman–Crippen LogP) is 2.57. The smallest absolute Gasteiger partial charge is 0.275 e. The third-order valence-corrected chi connectivity index (χ3v) is 4.02. The van der Waals surface area contributed by atoms with Gasteiger partial charge in [0.05, 0.1) is 17.0 Å². The van der Waals surface area contributed by atoms with Crippen molar-refractivity contribution >= 4 is 34.4 Å². The fraction of sp³-hybridized carbons (Fsp3) is 0.133. The lowest BCUT2D eigenvalue weighted by Crippen LogP contribution is -2.16. The molecule has 0 unspecified atom stereocenters. The van der Waals surface area contributed by atoms with Crippen LogP contribution in [0.1, 0.15) is 5.69 Å². The van der Waals surface area contributed by atoms with E-state index >= 15 is 0 Å². The number of anilines is 1. The summed E-state index contributed by atoms with van der Waals surface area (Å²) in [6, 6.07) is 4.51. The fourth-order valence-electron chi connectivity index (χ4n) is 2.11. The van der Waals surface area contributed by atoms with Crippen LogP contribution in [0.4, 0.5) is 14.5 Å². The summed E-state index contributed by atoms with van der Waals surface area (Å²) in [4.78, 5) is 33.4. The Hall–Kier alpha value is -2.68. The zero-order chi connectivity index (χ0) is 17.3. The van der Waals surface area contributed by atoms with Gasteiger partial charge in [-0.15, -0.1) is 0 Å². The van der Waals surface area contributed by atoms with Crippen molar-refractivity contribution in [2.45, 2.75) is 12.1 Å². The molecule has 0 atom stereocenters. The van der Waals surface area contributed by atoms with E-state index in [1.165, 1.54) is 0 Å². The van der Waals surface area contributed by atoms with E-state index in [1.54, 1.807) is 13.0 Å². The number of carbonyl (C=O) groups excluding carboxylic acids is 1. The Morgan fingerprint density at radius 1 is 1.29 bits per heavy atom. The summed E-state index contributed by atoms with van der Waals surface area (Å²) in [5.41, 5.74) is 1.08. The quantitative estimate of drug-likeness (QED) is 0.498. The zero-order valence-corrected chi connectivity index (χ0v) is 13.3.